The number of hydrogen-bond acceptors (Lipinski definition) is 5. The number of carbonyl (C=O) groups is 1. The first-order chi connectivity index (χ1) is 12.3. The van der Waals surface area contributed by atoms with Crippen molar-refractivity contribution in [3.05, 3.63) is 59.9 Å². The molecule has 0 bridgehead atoms. The second kappa shape index (κ2) is 9.15. The molecule has 1 aliphatic rings. The molecule has 1 fully saturated rings. The van der Waals surface area contributed by atoms with Gasteiger partial charge in [-0.15, -0.1) is 0 Å². The third-order valence-corrected chi connectivity index (χ3v) is 4.16. The van der Waals surface area contributed by atoms with Crippen molar-refractivity contribution in [2.24, 2.45) is 0 Å². The van der Waals surface area contributed by atoms with E-state index in [9.17, 15) is 4.79 Å². The number of ether oxygens (including phenoxy) is 1. The van der Waals surface area contributed by atoms with E-state index in [2.05, 4.69) is 32.7 Å². The van der Waals surface area contributed by atoms with Crippen LogP contribution in [-0.2, 0) is 11.3 Å². The number of benzene rings is 1. The Morgan fingerprint density at radius 3 is 2.76 bits per heavy atom. The van der Waals surface area contributed by atoms with Crippen LogP contribution in [0.3, 0.4) is 0 Å². The second-order valence-corrected chi connectivity index (χ2v) is 6.01. The van der Waals surface area contributed by atoms with E-state index in [-0.39, 0.29) is 5.91 Å². The maximum absolute atomic E-state index is 12.3. The highest BCUT2D eigenvalue weighted by atomic mass is 16.5. The minimum absolute atomic E-state index is 0.0934. The summed E-state index contributed by atoms with van der Waals surface area (Å²) in [7, 11) is 0. The highest BCUT2D eigenvalue weighted by molar-refractivity contribution is 5.94. The summed E-state index contributed by atoms with van der Waals surface area (Å²) in [6.07, 6.45) is 3.32. The van der Waals surface area contributed by atoms with Crippen LogP contribution in [0.5, 0.6) is 0 Å². The molecule has 1 amide bonds. The number of carbonyl (C=O) groups excluding carboxylic acids is 1. The molecule has 0 atom stereocenters. The maximum Gasteiger partial charge on any atom is 0.252 e. The number of nitrogens with one attached hydrogen (secondary N) is 2. The molecule has 3 rings (SSSR count). The lowest BCUT2D eigenvalue weighted by Gasteiger charge is -2.26. The van der Waals surface area contributed by atoms with E-state index < -0.39 is 0 Å². The fourth-order valence-electron chi connectivity index (χ4n) is 2.72. The minimum Gasteiger partial charge on any atom is -0.380 e. The highest BCUT2D eigenvalue weighted by Gasteiger charge is 2.11. The average molecular weight is 340 g/mol. The molecule has 2 N–H and O–H groups in total. The summed E-state index contributed by atoms with van der Waals surface area (Å²) < 4.78 is 5.32. The van der Waals surface area contributed by atoms with Gasteiger partial charge in [-0.05, 0) is 11.6 Å². The largest absolute Gasteiger partial charge is 0.380 e. The van der Waals surface area contributed by atoms with E-state index in [1.807, 2.05) is 24.3 Å². The molecule has 0 aliphatic carbocycles. The lowest BCUT2D eigenvalue weighted by atomic mass is 10.2. The Morgan fingerprint density at radius 2 is 1.96 bits per heavy atom. The van der Waals surface area contributed by atoms with Crippen LogP contribution in [0.15, 0.2) is 48.8 Å². The number of aromatic nitrogens is 1. The molecule has 1 saturated heterocycles. The van der Waals surface area contributed by atoms with E-state index in [4.69, 9.17) is 4.74 Å². The summed E-state index contributed by atoms with van der Waals surface area (Å²) in [6.45, 7) is 5.56. The van der Waals surface area contributed by atoms with Crippen molar-refractivity contribution in [1.29, 1.82) is 0 Å². The van der Waals surface area contributed by atoms with Crippen LogP contribution in [0.1, 0.15) is 15.9 Å². The summed E-state index contributed by atoms with van der Waals surface area (Å²) in [5.74, 6) is -0.0934. The van der Waals surface area contributed by atoms with Crippen LogP contribution in [-0.4, -0.2) is 55.2 Å². The first-order valence-corrected chi connectivity index (χ1v) is 8.62. The normalized spacial score (nSPS) is 14.9. The third-order valence-electron chi connectivity index (χ3n) is 4.16. The van der Waals surface area contributed by atoms with Crippen LogP contribution in [0, 0.1) is 0 Å². The Labute approximate surface area is 148 Å². The Bertz CT molecular complexity index is 672. The SMILES string of the molecule is O=C(NCCN1CCOCC1)c1cncc(NCc2ccccc2)c1. The van der Waals surface area contributed by atoms with Gasteiger partial charge in [-0.2, -0.15) is 0 Å². The summed E-state index contributed by atoms with van der Waals surface area (Å²) >= 11 is 0. The molecule has 0 unspecified atom stereocenters. The van der Waals surface area contributed by atoms with Crippen LogP contribution in [0.25, 0.3) is 0 Å². The summed E-state index contributed by atoms with van der Waals surface area (Å²) in [6, 6.07) is 12.0. The third kappa shape index (κ3) is 5.55. The van der Waals surface area contributed by atoms with Crippen molar-refractivity contribution in [2.45, 2.75) is 6.54 Å². The van der Waals surface area contributed by atoms with Crippen LogP contribution in [0.4, 0.5) is 5.69 Å². The number of nitrogens with zero attached hydrogens (tertiary/aromatic N) is 2. The molecular formula is C19H24N4O2. The molecule has 6 nitrogen and oxygen atoms in total. The van der Waals surface area contributed by atoms with Gasteiger partial charge in [0.2, 0.25) is 0 Å². The van der Waals surface area contributed by atoms with Gasteiger partial charge in [0.25, 0.3) is 5.91 Å². The van der Waals surface area contributed by atoms with Gasteiger partial charge >= 0.3 is 0 Å². The van der Waals surface area contributed by atoms with E-state index in [1.165, 1.54) is 5.56 Å². The van der Waals surface area contributed by atoms with E-state index in [0.717, 1.165) is 38.5 Å². The Balaban J connectivity index is 1.47. The first-order valence-electron chi connectivity index (χ1n) is 8.62. The second-order valence-electron chi connectivity index (χ2n) is 6.01. The molecule has 132 valence electrons. The molecule has 1 aliphatic heterocycles. The lowest BCUT2D eigenvalue weighted by Crippen LogP contribution is -2.41. The van der Waals surface area contributed by atoms with Gasteiger partial charge in [0, 0.05) is 45.1 Å². The smallest absolute Gasteiger partial charge is 0.252 e. The van der Waals surface area contributed by atoms with Gasteiger partial charge in [0.1, 0.15) is 0 Å². The zero-order valence-corrected chi connectivity index (χ0v) is 14.3. The number of hydrogen-bond donors (Lipinski definition) is 2. The van der Waals surface area contributed by atoms with Crippen LogP contribution >= 0.6 is 0 Å². The Hall–Kier alpha value is -2.44. The monoisotopic (exact) mass is 340 g/mol. The molecule has 6 heteroatoms. The van der Waals surface area contributed by atoms with Crippen molar-refractivity contribution in [2.75, 3.05) is 44.7 Å². The fourth-order valence-corrected chi connectivity index (χ4v) is 2.72. The summed E-state index contributed by atoms with van der Waals surface area (Å²) in [5.41, 5.74) is 2.59. The zero-order valence-electron chi connectivity index (χ0n) is 14.3. The molecule has 1 aromatic heterocycles. The number of anilines is 1. The van der Waals surface area contributed by atoms with Crippen LogP contribution in [0.2, 0.25) is 0 Å². The molecular weight excluding hydrogens is 316 g/mol. The first kappa shape index (κ1) is 17.4. The number of morpholine rings is 1. The van der Waals surface area contributed by atoms with Crippen LogP contribution < -0.4 is 10.6 Å². The molecule has 0 radical (unpaired) electrons. The molecule has 0 spiro atoms. The van der Waals surface area contributed by atoms with Gasteiger partial charge in [-0.3, -0.25) is 14.7 Å². The molecule has 1 aromatic carbocycles. The van der Waals surface area contributed by atoms with Crippen molar-refractivity contribution < 1.29 is 9.53 Å². The average Bonchev–Trinajstić information content (AvgIpc) is 2.68. The molecule has 25 heavy (non-hydrogen) atoms. The van der Waals surface area contributed by atoms with Gasteiger partial charge in [0.15, 0.2) is 0 Å². The van der Waals surface area contributed by atoms with Crippen molar-refractivity contribution in [3.8, 4) is 0 Å². The van der Waals surface area contributed by atoms with Gasteiger partial charge in [-0.25, -0.2) is 0 Å². The summed E-state index contributed by atoms with van der Waals surface area (Å²) in [4.78, 5) is 18.7. The van der Waals surface area contributed by atoms with Gasteiger partial charge in [-0.1, -0.05) is 30.3 Å². The Morgan fingerprint density at radius 1 is 1.16 bits per heavy atom. The topological polar surface area (TPSA) is 66.5 Å². The molecule has 2 aromatic rings. The van der Waals surface area contributed by atoms with E-state index >= 15 is 0 Å². The standard InChI is InChI=1S/C19H24N4O2/c24-19(21-6-7-23-8-10-25-11-9-23)17-12-18(15-20-14-17)22-13-16-4-2-1-3-5-16/h1-5,12,14-15,22H,6-11,13H2,(H,21,24). The predicted octanol–water partition coefficient (Wildman–Crippen LogP) is 1.76. The number of amides is 1. The molecule has 2 heterocycles. The van der Waals surface area contributed by atoms with Gasteiger partial charge < -0.3 is 15.4 Å². The molecule has 0 saturated carbocycles. The number of rotatable bonds is 7. The van der Waals surface area contributed by atoms with Crippen molar-refractivity contribution in [3.63, 3.8) is 0 Å². The lowest BCUT2D eigenvalue weighted by molar-refractivity contribution is 0.0383. The van der Waals surface area contributed by atoms with Gasteiger partial charge in [0.05, 0.1) is 24.5 Å². The highest BCUT2D eigenvalue weighted by Crippen LogP contribution is 2.10. The van der Waals surface area contributed by atoms with E-state index in [1.54, 1.807) is 12.4 Å². The minimum atomic E-state index is -0.0934. The maximum atomic E-state index is 12.3. The summed E-state index contributed by atoms with van der Waals surface area (Å²) in [5, 5.41) is 6.26. The van der Waals surface area contributed by atoms with Crippen molar-refractivity contribution in [1.82, 2.24) is 15.2 Å². The van der Waals surface area contributed by atoms with E-state index in [0.29, 0.717) is 18.7 Å². The number of pyridine rings is 1. The quantitative estimate of drug-likeness (QED) is 0.804. The Kier molecular flexibility index (Phi) is 6.36. The predicted molar refractivity (Wildman–Crippen MR) is 97.6 cm³/mol. The fraction of sp³-hybridized carbons (Fsp3) is 0.368. The zero-order chi connectivity index (χ0) is 17.3. The van der Waals surface area contributed by atoms with Crippen molar-refractivity contribution >= 4 is 11.6 Å².